The van der Waals surface area contributed by atoms with Crippen molar-refractivity contribution in [3.8, 4) is 5.75 Å². The number of carboxylic acid groups (broad SMARTS) is 1. The summed E-state index contributed by atoms with van der Waals surface area (Å²) in [6, 6.07) is 4.88. The highest BCUT2D eigenvalue weighted by molar-refractivity contribution is 5.99. The van der Waals surface area contributed by atoms with Gasteiger partial charge < -0.3 is 20.5 Å². The summed E-state index contributed by atoms with van der Waals surface area (Å²) in [5, 5.41) is 14.6. The molecule has 2 aliphatic rings. The molecule has 0 unspecified atom stereocenters. The van der Waals surface area contributed by atoms with Gasteiger partial charge in [-0.15, -0.1) is 0 Å². The fourth-order valence-electron chi connectivity index (χ4n) is 2.98. The lowest BCUT2D eigenvalue weighted by Gasteiger charge is -2.27. The summed E-state index contributed by atoms with van der Waals surface area (Å²) in [5.41, 5.74) is 0.929. The Bertz CT molecular complexity index is 650. The summed E-state index contributed by atoms with van der Waals surface area (Å²) < 4.78 is 5.26. The molecule has 0 spiro atoms. The van der Waals surface area contributed by atoms with Crippen LogP contribution in [0.2, 0.25) is 0 Å². The van der Waals surface area contributed by atoms with Gasteiger partial charge in [0.1, 0.15) is 5.75 Å². The first-order valence-electron chi connectivity index (χ1n) is 7.63. The van der Waals surface area contributed by atoms with Crippen LogP contribution < -0.4 is 15.4 Å². The molecule has 0 bridgehead atoms. The Morgan fingerprint density at radius 3 is 2.65 bits per heavy atom. The maximum Gasteiger partial charge on any atom is 0.306 e. The second kappa shape index (κ2) is 6.28. The van der Waals surface area contributed by atoms with Crippen molar-refractivity contribution in [3.05, 3.63) is 23.8 Å². The fraction of sp³-hybridized carbons (Fsp3) is 0.438. The van der Waals surface area contributed by atoms with Crippen LogP contribution in [0.1, 0.15) is 36.0 Å². The Kier molecular flexibility index (Phi) is 4.18. The fourth-order valence-corrected chi connectivity index (χ4v) is 2.98. The quantitative estimate of drug-likeness (QED) is 0.781. The molecule has 7 nitrogen and oxygen atoms in total. The maximum absolute atomic E-state index is 12.3. The van der Waals surface area contributed by atoms with Crippen LogP contribution in [0.15, 0.2) is 18.2 Å². The molecule has 1 aliphatic heterocycles. The average Bonchev–Trinajstić information content (AvgIpc) is 2.54. The number of ether oxygens (including phenoxy) is 1. The van der Waals surface area contributed by atoms with Crippen molar-refractivity contribution in [1.29, 1.82) is 0 Å². The number of amides is 2. The molecule has 1 aromatic rings. The summed E-state index contributed by atoms with van der Waals surface area (Å²) >= 11 is 0. The SMILES string of the molecule is O=C1COc2ccc(C(=O)NC3CCC(C(=O)O)CC3)cc2N1. The number of aliphatic carboxylic acids is 1. The zero-order valence-electron chi connectivity index (χ0n) is 12.5. The normalized spacial score (nSPS) is 23.2. The molecule has 1 heterocycles. The van der Waals surface area contributed by atoms with E-state index < -0.39 is 5.97 Å². The molecule has 0 radical (unpaired) electrons. The molecule has 0 atom stereocenters. The average molecular weight is 318 g/mol. The third-order valence-electron chi connectivity index (χ3n) is 4.29. The molecule has 23 heavy (non-hydrogen) atoms. The number of rotatable bonds is 3. The molecule has 1 fully saturated rings. The highest BCUT2D eigenvalue weighted by Gasteiger charge is 2.27. The predicted molar refractivity (Wildman–Crippen MR) is 81.4 cm³/mol. The third kappa shape index (κ3) is 3.44. The van der Waals surface area contributed by atoms with Crippen molar-refractivity contribution in [2.45, 2.75) is 31.7 Å². The Morgan fingerprint density at radius 1 is 1.22 bits per heavy atom. The zero-order chi connectivity index (χ0) is 16.4. The monoisotopic (exact) mass is 318 g/mol. The summed E-state index contributed by atoms with van der Waals surface area (Å²) in [6.07, 6.45) is 2.48. The lowest BCUT2D eigenvalue weighted by molar-refractivity contribution is -0.142. The number of nitrogens with one attached hydrogen (secondary N) is 2. The minimum absolute atomic E-state index is 0.0139. The molecule has 122 valence electrons. The molecule has 3 N–H and O–H groups in total. The first kappa shape index (κ1) is 15.3. The van der Waals surface area contributed by atoms with E-state index in [2.05, 4.69) is 10.6 Å². The van der Waals surface area contributed by atoms with Gasteiger partial charge in [0.2, 0.25) is 0 Å². The van der Waals surface area contributed by atoms with Crippen LogP contribution in [0.5, 0.6) is 5.75 Å². The van der Waals surface area contributed by atoms with Gasteiger partial charge in [0.25, 0.3) is 11.8 Å². The van der Waals surface area contributed by atoms with E-state index in [-0.39, 0.29) is 30.4 Å². The second-order valence-corrected chi connectivity index (χ2v) is 5.91. The topological polar surface area (TPSA) is 105 Å². The summed E-state index contributed by atoms with van der Waals surface area (Å²) in [7, 11) is 0. The van der Waals surface area contributed by atoms with Gasteiger partial charge in [-0.3, -0.25) is 14.4 Å². The van der Waals surface area contributed by atoms with E-state index in [9.17, 15) is 14.4 Å². The maximum atomic E-state index is 12.3. The number of carbonyl (C=O) groups is 3. The van der Waals surface area contributed by atoms with Crippen LogP contribution in [-0.4, -0.2) is 35.5 Å². The van der Waals surface area contributed by atoms with Crippen LogP contribution in [0.25, 0.3) is 0 Å². The summed E-state index contributed by atoms with van der Waals surface area (Å²) in [6.45, 7) is -0.0225. The zero-order valence-corrected chi connectivity index (χ0v) is 12.5. The highest BCUT2D eigenvalue weighted by Crippen LogP contribution is 2.29. The van der Waals surface area contributed by atoms with Gasteiger partial charge >= 0.3 is 5.97 Å². The first-order chi connectivity index (χ1) is 11.0. The third-order valence-corrected chi connectivity index (χ3v) is 4.29. The Balaban J connectivity index is 1.62. The van der Waals surface area contributed by atoms with E-state index in [1.165, 1.54) is 0 Å². The number of carbonyl (C=O) groups excluding carboxylic acids is 2. The van der Waals surface area contributed by atoms with Gasteiger partial charge in [0.15, 0.2) is 6.61 Å². The molecule has 7 heteroatoms. The number of benzene rings is 1. The molecule has 1 aromatic carbocycles. The minimum Gasteiger partial charge on any atom is -0.482 e. The van der Waals surface area contributed by atoms with Gasteiger partial charge in [-0.25, -0.2) is 0 Å². The van der Waals surface area contributed by atoms with Crippen molar-refractivity contribution < 1.29 is 24.2 Å². The minimum atomic E-state index is -0.764. The lowest BCUT2D eigenvalue weighted by atomic mass is 9.86. The Labute approximate surface area is 133 Å². The largest absolute Gasteiger partial charge is 0.482 e. The van der Waals surface area contributed by atoms with Gasteiger partial charge in [0, 0.05) is 11.6 Å². The van der Waals surface area contributed by atoms with Crippen LogP contribution >= 0.6 is 0 Å². The van der Waals surface area contributed by atoms with Gasteiger partial charge in [0.05, 0.1) is 11.6 Å². The lowest BCUT2D eigenvalue weighted by Crippen LogP contribution is -2.38. The van der Waals surface area contributed by atoms with Gasteiger partial charge in [-0.05, 0) is 43.9 Å². The van der Waals surface area contributed by atoms with E-state index in [4.69, 9.17) is 9.84 Å². The molecule has 0 aromatic heterocycles. The Morgan fingerprint density at radius 2 is 1.96 bits per heavy atom. The van der Waals surface area contributed by atoms with Crippen molar-refractivity contribution in [2.75, 3.05) is 11.9 Å². The van der Waals surface area contributed by atoms with Crippen LogP contribution in [0, 0.1) is 5.92 Å². The summed E-state index contributed by atoms with van der Waals surface area (Å²) in [4.78, 5) is 34.6. The molecule has 1 aliphatic carbocycles. The predicted octanol–water partition coefficient (Wildman–Crippen LogP) is 1.39. The first-order valence-corrected chi connectivity index (χ1v) is 7.63. The van der Waals surface area contributed by atoms with Crippen LogP contribution in [-0.2, 0) is 9.59 Å². The standard InChI is InChI=1S/C16H18N2O5/c19-14-8-23-13-6-3-10(7-12(13)18-14)15(20)17-11-4-1-9(2-5-11)16(21)22/h3,6-7,9,11H,1-2,4-5,8H2,(H,17,20)(H,18,19)(H,21,22). The van der Waals surface area contributed by atoms with E-state index >= 15 is 0 Å². The van der Waals surface area contributed by atoms with Crippen molar-refractivity contribution in [2.24, 2.45) is 5.92 Å². The number of fused-ring (bicyclic) bond motifs is 1. The molecular formula is C16H18N2O5. The molecular weight excluding hydrogens is 300 g/mol. The number of hydrogen-bond acceptors (Lipinski definition) is 4. The summed E-state index contributed by atoms with van der Waals surface area (Å²) in [5.74, 6) is -1.00. The van der Waals surface area contributed by atoms with E-state index in [1.807, 2.05) is 0 Å². The van der Waals surface area contributed by atoms with E-state index in [0.717, 1.165) is 0 Å². The van der Waals surface area contributed by atoms with Crippen molar-refractivity contribution in [3.63, 3.8) is 0 Å². The van der Waals surface area contributed by atoms with E-state index in [1.54, 1.807) is 18.2 Å². The number of carboxylic acids is 1. The molecule has 1 saturated carbocycles. The molecule has 0 saturated heterocycles. The van der Waals surface area contributed by atoms with Gasteiger partial charge in [-0.1, -0.05) is 0 Å². The van der Waals surface area contributed by atoms with Gasteiger partial charge in [-0.2, -0.15) is 0 Å². The van der Waals surface area contributed by atoms with Crippen molar-refractivity contribution >= 4 is 23.5 Å². The van der Waals surface area contributed by atoms with Crippen LogP contribution in [0.4, 0.5) is 5.69 Å². The number of anilines is 1. The van der Waals surface area contributed by atoms with Crippen molar-refractivity contribution in [1.82, 2.24) is 5.32 Å². The number of hydrogen-bond donors (Lipinski definition) is 3. The molecule has 2 amide bonds. The second-order valence-electron chi connectivity index (χ2n) is 5.91. The van der Waals surface area contributed by atoms with E-state index in [0.29, 0.717) is 42.7 Å². The Hall–Kier alpha value is -2.57. The van der Waals surface area contributed by atoms with Crippen LogP contribution in [0.3, 0.4) is 0 Å². The highest BCUT2D eigenvalue weighted by atomic mass is 16.5. The smallest absolute Gasteiger partial charge is 0.306 e. The molecule has 3 rings (SSSR count).